The van der Waals surface area contributed by atoms with Crippen LogP contribution in [0.3, 0.4) is 0 Å². The molecule has 0 spiro atoms. The Hall–Kier alpha value is -0.830. The number of halogens is 2. The van der Waals surface area contributed by atoms with Crippen LogP contribution in [-0.4, -0.2) is 7.05 Å². The van der Waals surface area contributed by atoms with Crippen molar-refractivity contribution in [3.8, 4) is 0 Å². The van der Waals surface area contributed by atoms with Crippen LogP contribution >= 0.6 is 27.5 Å². The Labute approximate surface area is 140 Å². The van der Waals surface area contributed by atoms with E-state index in [0.29, 0.717) is 5.92 Å². The number of nitrogens with one attached hydrogen (secondary N) is 1. The van der Waals surface area contributed by atoms with E-state index < -0.39 is 0 Å². The summed E-state index contributed by atoms with van der Waals surface area (Å²) < 4.78 is 0.929. The second kappa shape index (κ2) is 7.44. The van der Waals surface area contributed by atoms with E-state index in [1.54, 1.807) is 0 Å². The van der Waals surface area contributed by atoms with Crippen LogP contribution in [0, 0.1) is 5.92 Å². The van der Waals surface area contributed by atoms with Crippen molar-refractivity contribution >= 4 is 27.5 Å². The van der Waals surface area contributed by atoms with Gasteiger partial charge in [-0.1, -0.05) is 61.8 Å². The van der Waals surface area contributed by atoms with E-state index in [9.17, 15) is 0 Å². The second-order valence-corrected chi connectivity index (χ2v) is 6.94. The van der Waals surface area contributed by atoms with Gasteiger partial charge in [-0.05, 0) is 58.1 Å². The number of hydrogen-bond donors (Lipinski definition) is 1. The molecular formula is C18H21BrClN. The van der Waals surface area contributed by atoms with Gasteiger partial charge in [0, 0.05) is 4.47 Å². The molecule has 0 radical (unpaired) electrons. The first-order chi connectivity index (χ1) is 10.0. The Morgan fingerprint density at radius 3 is 2.33 bits per heavy atom. The summed E-state index contributed by atoms with van der Waals surface area (Å²) in [4.78, 5) is 0. The number of hydrogen-bond acceptors (Lipinski definition) is 1. The van der Waals surface area contributed by atoms with Crippen molar-refractivity contribution in [3.05, 3.63) is 68.7 Å². The molecule has 2 aromatic rings. The lowest BCUT2D eigenvalue weighted by molar-refractivity contribution is 0.645. The van der Waals surface area contributed by atoms with Crippen molar-refractivity contribution < 1.29 is 0 Å². The van der Waals surface area contributed by atoms with Crippen LogP contribution in [0.25, 0.3) is 0 Å². The molecule has 1 N–H and O–H groups in total. The van der Waals surface area contributed by atoms with Crippen LogP contribution in [0.2, 0.25) is 5.02 Å². The zero-order valence-electron chi connectivity index (χ0n) is 12.7. The standard InChI is InChI=1S/C18H21BrClN/c1-12(2)11-13-7-9-14(10-8-13)18(21-3)15-5-4-6-16(19)17(15)20/h4-10,12,18,21H,11H2,1-3H3. The average molecular weight is 367 g/mol. The third-order valence-corrected chi connectivity index (χ3v) is 4.85. The van der Waals surface area contributed by atoms with Gasteiger partial charge in [-0.3, -0.25) is 0 Å². The molecule has 0 bridgehead atoms. The van der Waals surface area contributed by atoms with Gasteiger partial charge < -0.3 is 5.32 Å². The molecule has 0 aliphatic carbocycles. The van der Waals surface area contributed by atoms with Crippen molar-refractivity contribution in [2.45, 2.75) is 26.3 Å². The SMILES string of the molecule is CNC(c1ccc(CC(C)C)cc1)c1cccc(Br)c1Cl. The molecule has 0 saturated heterocycles. The quantitative estimate of drug-likeness (QED) is 0.725. The molecule has 0 amide bonds. The summed E-state index contributed by atoms with van der Waals surface area (Å²) in [6.45, 7) is 4.48. The topological polar surface area (TPSA) is 12.0 Å². The van der Waals surface area contributed by atoms with E-state index >= 15 is 0 Å². The summed E-state index contributed by atoms with van der Waals surface area (Å²) in [5.41, 5.74) is 3.69. The van der Waals surface area contributed by atoms with E-state index in [4.69, 9.17) is 11.6 Å². The van der Waals surface area contributed by atoms with E-state index in [-0.39, 0.29) is 6.04 Å². The first-order valence-corrected chi connectivity index (χ1v) is 8.40. The summed E-state index contributed by atoms with van der Waals surface area (Å²) in [6.07, 6.45) is 1.11. The highest BCUT2D eigenvalue weighted by atomic mass is 79.9. The minimum Gasteiger partial charge on any atom is -0.309 e. The summed E-state index contributed by atoms with van der Waals surface area (Å²) in [7, 11) is 1.96. The molecule has 0 aromatic heterocycles. The van der Waals surface area contributed by atoms with Crippen LogP contribution in [0.5, 0.6) is 0 Å². The predicted molar refractivity (Wildman–Crippen MR) is 95.0 cm³/mol. The van der Waals surface area contributed by atoms with Crippen molar-refractivity contribution in [2.24, 2.45) is 5.92 Å². The molecule has 0 saturated carbocycles. The van der Waals surface area contributed by atoms with E-state index in [0.717, 1.165) is 21.5 Å². The van der Waals surface area contributed by atoms with E-state index in [1.807, 2.05) is 19.2 Å². The Balaban J connectivity index is 2.31. The molecule has 1 atom stereocenters. The zero-order chi connectivity index (χ0) is 15.4. The lowest BCUT2D eigenvalue weighted by Gasteiger charge is -2.19. The van der Waals surface area contributed by atoms with Gasteiger partial charge in [-0.2, -0.15) is 0 Å². The maximum Gasteiger partial charge on any atom is 0.0599 e. The van der Waals surface area contributed by atoms with Gasteiger partial charge in [-0.15, -0.1) is 0 Å². The Morgan fingerprint density at radius 2 is 1.76 bits per heavy atom. The van der Waals surface area contributed by atoms with Gasteiger partial charge in [0.05, 0.1) is 11.1 Å². The van der Waals surface area contributed by atoms with E-state index in [2.05, 4.69) is 65.4 Å². The fourth-order valence-corrected chi connectivity index (χ4v) is 3.18. The van der Waals surface area contributed by atoms with Gasteiger partial charge in [0.15, 0.2) is 0 Å². The molecule has 1 nitrogen and oxygen atoms in total. The molecule has 0 aliphatic heterocycles. The maximum atomic E-state index is 6.43. The Morgan fingerprint density at radius 1 is 1.10 bits per heavy atom. The van der Waals surface area contributed by atoms with Gasteiger partial charge in [0.25, 0.3) is 0 Å². The third kappa shape index (κ3) is 4.09. The molecule has 1 unspecified atom stereocenters. The molecular weight excluding hydrogens is 346 g/mol. The van der Waals surface area contributed by atoms with Crippen molar-refractivity contribution in [1.82, 2.24) is 5.32 Å². The molecule has 112 valence electrons. The van der Waals surface area contributed by atoms with Crippen molar-refractivity contribution in [3.63, 3.8) is 0 Å². The van der Waals surface area contributed by atoms with E-state index in [1.165, 1.54) is 11.1 Å². The average Bonchev–Trinajstić information content (AvgIpc) is 2.45. The molecule has 0 aliphatic rings. The van der Waals surface area contributed by atoms with Crippen LogP contribution < -0.4 is 5.32 Å². The minimum absolute atomic E-state index is 0.100. The summed E-state index contributed by atoms with van der Waals surface area (Å²) >= 11 is 9.92. The van der Waals surface area contributed by atoms with Crippen LogP contribution in [0.15, 0.2) is 46.9 Å². The maximum absolute atomic E-state index is 6.43. The van der Waals surface area contributed by atoms with Gasteiger partial charge >= 0.3 is 0 Å². The predicted octanol–water partition coefficient (Wildman–Crippen LogP) is 5.61. The molecule has 0 heterocycles. The molecule has 3 heteroatoms. The molecule has 21 heavy (non-hydrogen) atoms. The van der Waals surface area contributed by atoms with Crippen LogP contribution in [-0.2, 0) is 6.42 Å². The largest absolute Gasteiger partial charge is 0.309 e. The van der Waals surface area contributed by atoms with Gasteiger partial charge in [0.2, 0.25) is 0 Å². The number of benzene rings is 2. The smallest absolute Gasteiger partial charge is 0.0599 e. The minimum atomic E-state index is 0.100. The van der Waals surface area contributed by atoms with Crippen LogP contribution in [0.1, 0.15) is 36.6 Å². The number of rotatable bonds is 5. The van der Waals surface area contributed by atoms with Gasteiger partial charge in [-0.25, -0.2) is 0 Å². The first-order valence-electron chi connectivity index (χ1n) is 7.23. The van der Waals surface area contributed by atoms with Crippen molar-refractivity contribution in [2.75, 3.05) is 7.05 Å². The highest BCUT2D eigenvalue weighted by molar-refractivity contribution is 9.10. The highest BCUT2D eigenvalue weighted by Gasteiger charge is 2.16. The molecule has 2 aromatic carbocycles. The molecule has 2 rings (SSSR count). The molecule has 0 fully saturated rings. The third-order valence-electron chi connectivity index (χ3n) is 3.54. The zero-order valence-corrected chi connectivity index (χ0v) is 15.0. The summed E-state index contributed by atoms with van der Waals surface area (Å²) in [5, 5.41) is 4.12. The van der Waals surface area contributed by atoms with Crippen molar-refractivity contribution in [1.29, 1.82) is 0 Å². The fourth-order valence-electron chi connectivity index (χ4n) is 2.56. The monoisotopic (exact) mass is 365 g/mol. The Bertz CT molecular complexity index is 593. The van der Waals surface area contributed by atoms with Crippen LogP contribution in [0.4, 0.5) is 0 Å². The second-order valence-electron chi connectivity index (χ2n) is 5.70. The Kier molecular flexibility index (Phi) is 5.86. The van der Waals surface area contributed by atoms with Gasteiger partial charge in [0.1, 0.15) is 0 Å². The lowest BCUT2D eigenvalue weighted by atomic mass is 9.96. The normalized spacial score (nSPS) is 12.7. The first kappa shape index (κ1) is 16.5. The lowest BCUT2D eigenvalue weighted by Crippen LogP contribution is -2.18. The summed E-state index contributed by atoms with van der Waals surface area (Å²) in [6, 6.07) is 15.0. The summed E-state index contributed by atoms with van der Waals surface area (Å²) in [5.74, 6) is 0.676. The highest BCUT2D eigenvalue weighted by Crippen LogP contribution is 2.33. The fraction of sp³-hybridized carbons (Fsp3) is 0.333.